The SMILES string of the molecule is O=c1cnn(N2CCOCC2)c(N2CCOCC2)c1. The Labute approximate surface area is 111 Å². The largest absolute Gasteiger partial charge is 0.378 e. The maximum atomic E-state index is 11.6. The van der Waals surface area contributed by atoms with E-state index in [1.54, 1.807) is 6.07 Å². The first-order valence-electron chi connectivity index (χ1n) is 6.60. The minimum atomic E-state index is -0.0639. The van der Waals surface area contributed by atoms with Gasteiger partial charge in [-0.1, -0.05) is 0 Å². The predicted molar refractivity (Wildman–Crippen MR) is 70.3 cm³/mol. The number of nitrogens with zero attached hydrogens (tertiary/aromatic N) is 4. The summed E-state index contributed by atoms with van der Waals surface area (Å²) in [5.41, 5.74) is -0.0639. The van der Waals surface area contributed by atoms with Gasteiger partial charge in [-0.3, -0.25) is 9.80 Å². The van der Waals surface area contributed by atoms with E-state index < -0.39 is 0 Å². The predicted octanol–water partition coefficient (Wildman–Crippen LogP) is -0.952. The number of aromatic nitrogens is 2. The van der Waals surface area contributed by atoms with Crippen LogP contribution >= 0.6 is 0 Å². The van der Waals surface area contributed by atoms with Crippen molar-refractivity contribution in [3.05, 3.63) is 22.5 Å². The molecular formula is C12H18N4O3. The van der Waals surface area contributed by atoms with E-state index >= 15 is 0 Å². The van der Waals surface area contributed by atoms with Gasteiger partial charge in [0.25, 0.3) is 0 Å². The van der Waals surface area contributed by atoms with Gasteiger partial charge < -0.3 is 14.4 Å². The van der Waals surface area contributed by atoms with Gasteiger partial charge in [-0.25, -0.2) is 0 Å². The summed E-state index contributed by atoms with van der Waals surface area (Å²) in [6.07, 6.45) is 1.36. The molecule has 2 saturated heterocycles. The molecule has 0 aliphatic carbocycles. The molecule has 19 heavy (non-hydrogen) atoms. The normalized spacial score (nSPS) is 20.6. The zero-order valence-electron chi connectivity index (χ0n) is 10.8. The Morgan fingerprint density at radius 3 is 2.32 bits per heavy atom. The molecule has 1 aromatic heterocycles. The van der Waals surface area contributed by atoms with E-state index in [0.717, 1.165) is 32.0 Å². The second-order valence-electron chi connectivity index (χ2n) is 4.60. The minimum Gasteiger partial charge on any atom is -0.378 e. The Bertz CT molecular complexity index is 478. The topological polar surface area (TPSA) is 59.8 Å². The number of hydrogen-bond donors (Lipinski definition) is 0. The fourth-order valence-electron chi connectivity index (χ4n) is 2.36. The molecule has 3 heterocycles. The standard InChI is InChI=1S/C12H18N4O3/c17-11-9-12(14-1-5-18-6-2-14)16(13-10-11)15-3-7-19-8-4-15/h9-10H,1-8H2. The van der Waals surface area contributed by atoms with Crippen molar-refractivity contribution in [3.63, 3.8) is 0 Å². The average Bonchev–Trinajstić information content (AvgIpc) is 2.49. The van der Waals surface area contributed by atoms with Crippen molar-refractivity contribution < 1.29 is 9.47 Å². The van der Waals surface area contributed by atoms with Gasteiger partial charge in [-0.15, -0.1) is 0 Å². The minimum absolute atomic E-state index is 0.0639. The maximum Gasteiger partial charge on any atom is 0.202 e. The van der Waals surface area contributed by atoms with Crippen molar-refractivity contribution in [1.29, 1.82) is 0 Å². The monoisotopic (exact) mass is 266 g/mol. The summed E-state index contributed by atoms with van der Waals surface area (Å²) in [6.45, 7) is 5.90. The fraction of sp³-hybridized carbons (Fsp3) is 0.667. The van der Waals surface area contributed by atoms with Crippen LogP contribution in [0.5, 0.6) is 0 Å². The van der Waals surface area contributed by atoms with Crippen LogP contribution in [-0.2, 0) is 9.47 Å². The summed E-state index contributed by atoms with van der Waals surface area (Å²) in [7, 11) is 0. The van der Waals surface area contributed by atoms with Crippen molar-refractivity contribution >= 4 is 5.82 Å². The molecule has 2 aliphatic rings. The maximum absolute atomic E-state index is 11.6. The summed E-state index contributed by atoms with van der Waals surface area (Å²) in [5, 5.41) is 6.37. The molecule has 0 aromatic carbocycles. The molecule has 0 N–H and O–H groups in total. The molecule has 0 radical (unpaired) electrons. The molecule has 2 fully saturated rings. The zero-order valence-corrected chi connectivity index (χ0v) is 10.8. The molecule has 0 atom stereocenters. The third-order valence-electron chi connectivity index (χ3n) is 3.36. The van der Waals surface area contributed by atoms with E-state index in [2.05, 4.69) is 15.0 Å². The van der Waals surface area contributed by atoms with Crippen LogP contribution in [0.25, 0.3) is 0 Å². The van der Waals surface area contributed by atoms with Crippen LogP contribution in [0.3, 0.4) is 0 Å². The Balaban J connectivity index is 1.91. The molecule has 3 rings (SSSR count). The molecule has 104 valence electrons. The third-order valence-corrected chi connectivity index (χ3v) is 3.36. The Hall–Kier alpha value is -1.60. The van der Waals surface area contributed by atoms with Crippen molar-refractivity contribution in [3.8, 4) is 0 Å². The van der Waals surface area contributed by atoms with E-state index in [9.17, 15) is 4.79 Å². The van der Waals surface area contributed by atoms with Gasteiger partial charge in [0.05, 0.1) is 45.7 Å². The van der Waals surface area contributed by atoms with Crippen LogP contribution in [0.4, 0.5) is 5.82 Å². The van der Waals surface area contributed by atoms with Gasteiger partial charge in [0.2, 0.25) is 5.43 Å². The van der Waals surface area contributed by atoms with Crippen molar-refractivity contribution in [2.75, 3.05) is 62.5 Å². The number of anilines is 1. The zero-order chi connectivity index (χ0) is 13.1. The molecule has 2 aliphatic heterocycles. The summed E-state index contributed by atoms with van der Waals surface area (Å²) in [5.74, 6) is 0.845. The number of ether oxygens (including phenoxy) is 2. The molecule has 7 heteroatoms. The highest BCUT2D eigenvalue weighted by Gasteiger charge is 2.20. The van der Waals surface area contributed by atoms with E-state index in [1.807, 2.05) is 4.79 Å². The van der Waals surface area contributed by atoms with Crippen LogP contribution in [-0.4, -0.2) is 62.5 Å². The highest BCUT2D eigenvalue weighted by atomic mass is 16.5. The quantitative estimate of drug-likeness (QED) is 0.688. The average molecular weight is 266 g/mol. The van der Waals surface area contributed by atoms with E-state index in [4.69, 9.17) is 9.47 Å². The summed E-state index contributed by atoms with van der Waals surface area (Å²) < 4.78 is 10.7. The smallest absolute Gasteiger partial charge is 0.202 e. The van der Waals surface area contributed by atoms with Crippen LogP contribution in [0.2, 0.25) is 0 Å². The molecule has 0 spiro atoms. The van der Waals surface area contributed by atoms with Crippen LogP contribution in [0.1, 0.15) is 0 Å². The van der Waals surface area contributed by atoms with E-state index in [0.29, 0.717) is 26.4 Å². The van der Waals surface area contributed by atoms with Crippen LogP contribution in [0, 0.1) is 0 Å². The molecular weight excluding hydrogens is 248 g/mol. The van der Waals surface area contributed by atoms with Gasteiger partial charge in [-0.05, 0) is 0 Å². The number of hydrogen-bond acceptors (Lipinski definition) is 6. The molecule has 0 saturated carbocycles. The first-order valence-corrected chi connectivity index (χ1v) is 6.60. The Kier molecular flexibility index (Phi) is 3.65. The number of morpholine rings is 2. The second kappa shape index (κ2) is 5.58. The Morgan fingerprint density at radius 2 is 1.63 bits per heavy atom. The van der Waals surface area contributed by atoms with E-state index in [-0.39, 0.29) is 5.43 Å². The van der Waals surface area contributed by atoms with Crippen LogP contribution in [0.15, 0.2) is 17.1 Å². The van der Waals surface area contributed by atoms with Gasteiger partial charge >= 0.3 is 0 Å². The van der Waals surface area contributed by atoms with Crippen molar-refractivity contribution in [2.45, 2.75) is 0 Å². The number of rotatable bonds is 2. The lowest BCUT2D eigenvalue weighted by Crippen LogP contribution is -2.48. The lowest BCUT2D eigenvalue weighted by molar-refractivity contribution is 0.107. The van der Waals surface area contributed by atoms with E-state index in [1.165, 1.54) is 6.20 Å². The lowest BCUT2D eigenvalue weighted by atomic mass is 10.4. The molecule has 1 aromatic rings. The van der Waals surface area contributed by atoms with Gasteiger partial charge in [-0.2, -0.15) is 9.89 Å². The summed E-state index contributed by atoms with van der Waals surface area (Å²) in [6, 6.07) is 1.65. The molecule has 0 unspecified atom stereocenters. The fourth-order valence-corrected chi connectivity index (χ4v) is 2.36. The Morgan fingerprint density at radius 1 is 1.00 bits per heavy atom. The third kappa shape index (κ3) is 2.71. The van der Waals surface area contributed by atoms with Crippen LogP contribution < -0.4 is 15.3 Å². The molecule has 0 bridgehead atoms. The van der Waals surface area contributed by atoms with Gasteiger partial charge in [0.15, 0.2) is 5.82 Å². The molecule has 0 amide bonds. The summed E-state index contributed by atoms with van der Waals surface area (Å²) >= 11 is 0. The highest BCUT2D eigenvalue weighted by molar-refractivity contribution is 5.39. The summed E-state index contributed by atoms with van der Waals surface area (Å²) in [4.78, 5) is 15.6. The first kappa shape index (κ1) is 12.4. The van der Waals surface area contributed by atoms with Gasteiger partial charge in [0.1, 0.15) is 0 Å². The van der Waals surface area contributed by atoms with Gasteiger partial charge in [0, 0.05) is 19.2 Å². The first-order chi connectivity index (χ1) is 9.34. The second-order valence-corrected chi connectivity index (χ2v) is 4.60. The van der Waals surface area contributed by atoms with Crippen molar-refractivity contribution in [1.82, 2.24) is 9.89 Å². The lowest BCUT2D eigenvalue weighted by Gasteiger charge is -2.35. The highest BCUT2D eigenvalue weighted by Crippen LogP contribution is 2.13. The van der Waals surface area contributed by atoms with Crippen molar-refractivity contribution in [2.24, 2.45) is 0 Å². The molecule has 7 nitrogen and oxygen atoms in total.